The lowest BCUT2D eigenvalue weighted by Gasteiger charge is -2.17. The summed E-state index contributed by atoms with van der Waals surface area (Å²) in [4.78, 5) is 4.42. The number of hydrogen-bond acceptors (Lipinski definition) is 2. The fourth-order valence-electron chi connectivity index (χ4n) is 1.76. The summed E-state index contributed by atoms with van der Waals surface area (Å²) in [5.74, 6) is 1.16. The molecule has 1 unspecified atom stereocenters. The molecular weight excluding hydrogens is 186 g/mol. The first-order valence-corrected chi connectivity index (χ1v) is 6.00. The van der Waals surface area contributed by atoms with Crippen LogP contribution in [0.2, 0.25) is 0 Å². The van der Waals surface area contributed by atoms with Crippen LogP contribution >= 0.6 is 0 Å². The van der Waals surface area contributed by atoms with Crippen molar-refractivity contribution in [3.8, 4) is 0 Å². The van der Waals surface area contributed by atoms with Gasteiger partial charge in [0, 0.05) is 19.4 Å². The minimum Gasteiger partial charge on any atom is -0.337 e. The maximum absolute atomic E-state index is 4.42. The first kappa shape index (κ1) is 12.2. The Labute approximate surface area is 92.9 Å². The van der Waals surface area contributed by atoms with Crippen LogP contribution in [0.15, 0.2) is 12.4 Å². The topological polar surface area (TPSA) is 29.9 Å². The SMILES string of the molecule is CCCCC(NCCC)c1nccn1C. The molecule has 1 aromatic heterocycles. The van der Waals surface area contributed by atoms with Gasteiger partial charge in [-0.25, -0.2) is 4.98 Å². The molecule has 0 spiro atoms. The van der Waals surface area contributed by atoms with Gasteiger partial charge in [-0.15, -0.1) is 0 Å². The number of unbranched alkanes of at least 4 members (excludes halogenated alkanes) is 1. The second-order valence-electron chi connectivity index (χ2n) is 4.05. The van der Waals surface area contributed by atoms with Crippen LogP contribution in [0.1, 0.15) is 51.4 Å². The Balaban J connectivity index is 2.58. The van der Waals surface area contributed by atoms with Gasteiger partial charge in [-0.3, -0.25) is 0 Å². The highest BCUT2D eigenvalue weighted by atomic mass is 15.1. The van der Waals surface area contributed by atoms with Gasteiger partial charge in [0.25, 0.3) is 0 Å². The predicted molar refractivity (Wildman–Crippen MR) is 63.8 cm³/mol. The molecule has 0 saturated carbocycles. The van der Waals surface area contributed by atoms with E-state index in [0.717, 1.165) is 12.4 Å². The third-order valence-electron chi connectivity index (χ3n) is 2.66. The molecule has 1 heterocycles. The summed E-state index contributed by atoms with van der Waals surface area (Å²) in [7, 11) is 2.06. The molecule has 0 aromatic carbocycles. The van der Waals surface area contributed by atoms with Crippen molar-refractivity contribution < 1.29 is 0 Å². The van der Waals surface area contributed by atoms with Crippen molar-refractivity contribution in [2.45, 2.75) is 45.6 Å². The molecule has 0 saturated heterocycles. The van der Waals surface area contributed by atoms with Gasteiger partial charge in [0.05, 0.1) is 6.04 Å². The number of hydrogen-bond donors (Lipinski definition) is 1. The number of nitrogens with one attached hydrogen (secondary N) is 1. The normalized spacial score (nSPS) is 13.0. The van der Waals surface area contributed by atoms with Gasteiger partial charge in [0.1, 0.15) is 5.82 Å². The van der Waals surface area contributed by atoms with Gasteiger partial charge in [-0.2, -0.15) is 0 Å². The number of aromatic nitrogens is 2. The molecule has 0 aliphatic rings. The maximum Gasteiger partial charge on any atom is 0.125 e. The van der Waals surface area contributed by atoms with Gasteiger partial charge in [-0.1, -0.05) is 26.7 Å². The van der Waals surface area contributed by atoms with E-state index in [1.165, 1.54) is 25.7 Å². The molecule has 0 bridgehead atoms. The molecule has 1 atom stereocenters. The first-order chi connectivity index (χ1) is 7.29. The van der Waals surface area contributed by atoms with Crippen LogP contribution in [-0.2, 0) is 7.05 Å². The fraction of sp³-hybridized carbons (Fsp3) is 0.750. The van der Waals surface area contributed by atoms with E-state index in [-0.39, 0.29) is 0 Å². The van der Waals surface area contributed by atoms with Crippen LogP contribution in [0.25, 0.3) is 0 Å². The van der Waals surface area contributed by atoms with Gasteiger partial charge >= 0.3 is 0 Å². The van der Waals surface area contributed by atoms with Crippen LogP contribution in [0.3, 0.4) is 0 Å². The van der Waals surface area contributed by atoms with E-state index in [1.54, 1.807) is 0 Å². The largest absolute Gasteiger partial charge is 0.337 e. The van der Waals surface area contributed by atoms with E-state index in [1.807, 2.05) is 12.4 Å². The lowest BCUT2D eigenvalue weighted by atomic mass is 10.1. The Morgan fingerprint density at radius 1 is 1.40 bits per heavy atom. The molecule has 3 nitrogen and oxygen atoms in total. The molecule has 0 fully saturated rings. The van der Waals surface area contributed by atoms with Crippen molar-refractivity contribution in [1.82, 2.24) is 14.9 Å². The highest BCUT2D eigenvalue weighted by Gasteiger charge is 2.13. The molecular formula is C12H23N3. The van der Waals surface area contributed by atoms with Crippen LogP contribution < -0.4 is 5.32 Å². The molecule has 0 radical (unpaired) electrons. The van der Waals surface area contributed by atoms with Crippen molar-refractivity contribution in [3.63, 3.8) is 0 Å². The Bertz CT molecular complexity index is 260. The average molecular weight is 209 g/mol. The van der Waals surface area contributed by atoms with Gasteiger partial charge in [0.15, 0.2) is 0 Å². The van der Waals surface area contributed by atoms with E-state index < -0.39 is 0 Å². The molecule has 0 aliphatic heterocycles. The van der Waals surface area contributed by atoms with E-state index in [4.69, 9.17) is 0 Å². The van der Waals surface area contributed by atoms with Crippen LogP contribution in [-0.4, -0.2) is 16.1 Å². The number of aryl methyl sites for hydroxylation is 1. The number of imidazole rings is 1. The van der Waals surface area contributed by atoms with Gasteiger partial charge in [0.2, 0.25) is 0 Å². The number of rotatable bonds is 7. The summed E-state index contributed by atoms with van der Waals surface area (Å²) in [6, 6.07) is 0.421. The summed E-state index contributed by atoms with van der Waals surface area (Å²) in [5, 5.41) is 3.56. The second kappa shape index (κ2) is 6.62. The Kier molecular flexibility index (Phi) is 5.40. The summed E-state index contributed by atoms with van der Waals surface area (Å²) >= 11 is 0. The molecule has 1 N–H and O–H groups in total. The quantitative estimate of drug-likeness (QED) is 0.748. The third-order valence-corrected chi connectivity index (χ3v) is 2.66. The molecule has 15 heavy (non-hydrogen) atoms. The van der Waals surface area contributed by atoms with Crippen molar-refractivity contribution in [3.05, 3.63) is 18.2 Å². The van der Waals surface area contributed by atoms with Gasteiger partial charge in [-0.05, 0) is 19.4 Å². The lowest BCUT2D eigenvalue weighted by Crippen LogP contribution is -2.24. The van der Waals surface area contributed by atoms with E-state index in [9.17, 15) is 0 Å². The van der Waals surface area contributed by atoms with Gasteiger partial charge < -0.3 is 9.88 Å². The monoisotopic (exact) mass is 209 g/mol. The minimum atomic E-state index is 0.421. The summed E-state index contributed by atoms with van der Waals surface area (Å²) in [6.45, 7) is 5.50. The van der Waals surface area contributed by atoms with Crippen LogP contribution in [0, 0.1) is 0 Å². The van der Waals surface area contributed by atoms with Crippen LogP contribution in [0.4, 0.5) is 0 Å². The Hall–Kier alpha value is -0.830. The van der Waals surface area contributed by atoms with E-state index in [0.29, 0.717) is 6.04 Å². The average Bonchev–Trinajstić information content (AvgIpc) is 2.65. The minimum absolute atomic E-state index is 0.421. The highest BCUT2D eigenvalue weighted by molar-refractivity contribution is 4.98. The first-order valence-electron chi connectivity index (χ1n) is 6.00. The van der Waals surface area contributed by atoms with Crippen molar-refractivity contribution in [1.29, 1.82) is 0 Å². The molecule has 0 aliphatic carbocycles. The molecule has 86 valence electrons. The molecule has 0 amide bonds. The lowest BCUT2D eigenvalue weighted by molar-refractivity contribution is 0.451. The summed E-state index contributed by atoms with van der Waals surface area (Å²) in [5.41, 5.74) is 0. The Morgan fingerprint density at radius 3 is 2.73 bits per heavy atom. The predicted octanol–water partition coefficient (Wildman–Crippen LogP) is 2.65. The van der Waals surface area contributed by atoms with E-state index in [2.05, 4.69) is 35.8 Å². The highest BCUT2D eigenvalue weighted by Crippen LogP contribution is 2.17. The van der Waals surface area contributed by atoms with E-state index >= 15 is 0 Å². The zero-order chi connectivity index (χ0) is 11.1. The maximum atomic E-state index is 4.42. The summed E-state index contributed by atoms with van der Waals surface area (Å²) < 4.78 is 2.11. The third kappa shape index (κ3) is 3.67. The smallest absolute Gasteiger partial charge is 0.125 e. The zero-order valence-electron chi connectivity index (χ0n) is 10.2. The van der Waals surface area contributed by atoms with Crippen molar-refractivity contribution in [2.24, 2.45) is 7.05 Å². The van der Waals surface area contributed by atoms with Crippen molar-refractivity contribution in [2.75, 3.05) is 6.54 Å². The van der Waals surface area contributed by atoms with Crippen molar-refractivity contribution >= 4 is 0 Å². The second-order valence-corrected chi connectivity index (χ2v) is 4.05. The standard InChI is InChI=1S/C12H23N3/c1-4-6-7-11(13-8-5-2)12-14-9-10-15(12)3/h9-11,13H,4-8H2,1-3H3. The van der Waals surface area contributed by atoms with Crippen LogP contribution in [0.5, 0.6) is 0 Å². The zero-order valence-corrected chi connectivity index (χ0v) is 10.2. The fourth-order valence-corrected chi connectivity index (χ4v) is 1.76. The molecule has 3 heteroatoms. The molecule has 1 aromatic rings. The molecule has 1 rings (SSSR count). The number of nitrogens with zero attached hydrogens (tertiary/aromatic N) is 2. The Morgan fingerprint density at radius 2 is 2.20 bits per heavy atom. The summed E-state index contributed by atoms with van der Waals surface area (Å²) in [6.07, 6.45) is 8.75.